The van der Waals surface area contributed by atoms with Gasteiger partial charge in [-0.05, 0) is 65.0 Å². The number of fused-ring (bicyclic) bond motifs is 2. The van der Waals surface area contributed by atoms with E-state index in [1.54, 1.807) is 0 Å². The van der Waals surface area contributed by atoms with Gasteiger partial charge in [0.1, 0.15) is 6.10 Å². The van der Waals surface area contributed by atoms with Gasteiger partial charge in [0.15, 0.2) is 0 Å². The topological polar surface area (TPSA) is 59.1 Å². The van der Waals surface area contributed by atoms with Crippen LogP contribution in [0.2, 0.25) is 0 Å². The van der Waals surface area contributed by atoms with E-state index in [9.17, 15) is 9.90 Å². The van der Waals surface area contributed by atoms with Crippen molar-refractivity contribution >= 4 is 5.97 Å². The Morgan fingerprint density at radius 2 is 1.83 bits per heavy atom. The minimum atomic E-state index is -0.480. The van der Waals surface area contributed by atoms with Crippen LogP contribution in [0, 0.1) is 0 Å². The summed E-state index contributed by atoms with van der Waals surface area (Å²) < 4.78 is 11.4. The first-order chi connectivity index (χ1) is 11.3. The van der Waals surface area contributed by atoms with Crippen LogP contribution >= 0.6 is 0 Å². The zero-order chi connectivity index (χ0) is 17.5. The van der Waals surface area contributed by atoms with Crippen molar-refractivity contribution in [1.82, 2.24) is 0 Å². The molecule has 1 aliphatic carbocycles. The molecular formula is C20H28O4. The zero-order valence-corrected chi connectivity index (χ0v) is 15.1. The number of esters is 1. The molecule has 4 atom stereocenters. The molecule has 3 aliphatic rings. The summed E-state index contributed by atoms with van der Waals surface area (Å²) >= 11 is 0. The molecule has 0 bridgehead atoms. The Hall–Kier alpha value is -1.39. The maximum Gasteiger partial charge on any atom is 0.334 e. The monoisotopic (exact) mass is 332 g/mol. The molecule has 1 N–H and O–H groups in total. The second-order valence-electron chi connectivity index (χ2n) is 7.73. The third kappa shape index (κ3) is 3.65. The van der Waals surface area contributed by atoms with Crippen molar-refractivity contribution in [1.29, 1.82) is 0 Å². The van der Waals surface area contributed by atoms with Crippen molar-refractivity contribution in [2.24, 2.45) is 0 Å². The van der Waals surface area contributed by atoms with Gasteiger partial charge in [0.2, 0.25) is 0 Å². The van der Waals surface area contributed by atoms with Crippen LogP contribution in [0.25, 0.3) is 0 Å². The molecule has 0 saturated carbocycles. The van der Waals surface area contributed by atoms with Crippen LogP contribution in [0.1, 0.15) is 59.8 Å². The van der Waals surface area contributed by atoms with E-state index in [4.69, 9.17) is 9.47 Å². The number of aliphatic hydroxyl groups excluding tert-OH is 1. The number of hydrogen-bond acceptors (Lipinski definition) is 4. The lowest BCUT2D eigenvalue weighted by atomic mass is 9.92. The summed E-state index contributed by atoms with van der Waals surface area (Å²) in [6.07, 6.45) is 7.62. The standard InChI is InChI=1S/C20H28O4/c1-12-5-7-16-14(3)19(22)23-17(16)10-13(2)6-8-18-20(4,24-18)11-15(21)9-12/h9-10,15,17-18,21H,5-8,11H2,1-4H3/b12-9+,13-10+/t15-,17-,18-,20?/m0/s1. The normalized spacial score (nSPS) is 42.0. The molecule has 0 aromatic heterocycles. The number of epoxide rings is 1. The second kappa shape index (κ2) is 6.49. The number of aliphatic hydroxyl groups is 1. The smallest absolute Gasteiger partial charge is 0.334 e. The van der Waals surface area contributed by atoms with Gasteiger partial charge < -0.3 is 14.6 Å². The van der Waals surface area contributed by atoms with E-state index >= 15 is 0 Å². The van der Waals surface area contributed by atoms with Crippen LogP contribution in [0.3, 0.4) is 0 Å². The lowest BCUT2D eigenvalue weighted by Gasteiger charge is -2.15. The molecule has 24 heavy (non-hydrogen) atoms. The van der Waals surface area contributed by atoms with E-state index in [1.807, 2.05) is 19.9 Å². The maximum atomic E-state index is 11.9. The lowest BCUT2D eigenvalue weighted by Crippen LogP contribution is -2.19. The number of hydrogen-bond donors (Lipinski definition) is 1. The van der Waals surface area contributed by atoms with Gasteiger partial charge in [-0.2, -0.15) is 0 Å². The fourth-order valence-corrected chi connectivity index (χ4v) is 3.84. The molecule has 2 heterocycles. The molecule has 132 valence electrons. The van der Waals surface area contributed by atoms with Crippen molar-refractivity contribution in [3.63, 3.8) is 0 Å². The number of carbonyl (C=O) groups is 1. The van der Waals surface area contributed by atoms with E-state index in [0.29, 0.717) is 6.42 Å². The molecule has 0 radical (unpaired) electrons. The van der Waals surface area contributed by atoms with Gasteiger partial charge in [-0.25, -0.2) is 4.79 Å². The first kappa shape index (κ1) is 17.4. The molecule has 1 saturated heterocycles. The Labute approximate surface area is 144 Å². The van der Waals surface area contributed by atoms with E-state index in [0.717, 1.165) is 42.4 Å². The molecule has 0 aromatic carbocycles. The number of carbonyl (C=O) groups excluding carboxylic acids is 1. The Bertz CT molecular complexity index is 628. The first-order valence-electron chi connectivity index (χ1n) is 8.89. The lowest BCUT2D eigenvalue weighted by molar-refractivity contribution is -0.138. The summed E-state index contributed by atoms with van der Waals surface area (Å²) in [5.74, 6) is -0.205. The third-order valence-corrected chi connectivity index (χ3v) is 5.52. The van der Waals surface area contributed by atoms with Crippen LogP contribution in [-0.2, 0) is 14.3 Å². The second-order valence-corrected chi connectivity index (χ2v) is 7.73. The van der Waals surface area contributed by atoms with Gasteiger partial charge >= 0.3 is 5.97 Å². The highest BCUT2D eigenvalue weighted by molar-refractivity contribution is 5.92. The van der Waals surface area contributed by atoms with Crippen molar-refractivity contribution < 1.29 is 19.4 Å². The Morgan fingerprint density at radius 3 is 2.58 bits per heavy atom. The minimum absolute atomic E-state index is 0.204. The predicted molar refractivity (Wildman–Crippen MR) is 92.5 cm³/mol. The molecular weight excluding hydrogens is 304 g/mol. The van der Waals surface area contributed by atoms with Gasteiger partial charge in [-0.3, -0.25) is 0 Å². The molecule has 3 rings (SSSR count). The van der Waals surface area contributed by atoms with Gasteiger partial charge in [0, 0.05) is 12.0 Å². The average Bonchev–Trinajstić information content (AvgIpc) is 3.04. The molecule has 4 nitrogen and oxygen atoms in total. The molecule has 0 amide bonds. The molecule has 1 unspecified atom stereocenters. The minimum Gasteiger partial charge on any atom is -0.450 e. The van der Waals surface area contributed by atoms with Crippen molar-refractivity contribution in [2.75, 3.05) is 0 Å². The summed E-state index contributed by atoms with van der Waals surface area (Å²) in [6, 6.07) is 0. The highest BCUT2D eigenvalue weighted by Crippen LogP contribution is 2.44. The quantitative estimate of drug-likeness (QED) is 0.418. The summed E-state index contributed by atoms with van der Waals surface area (Å²) in [5, 5.41) is 10.3. The van der Waals surface area contributed by atoms with Crippen LogP contribution in [0.15, 0.2) is 34.4 Å². The van der Waals surface area contributed by atoms with Crippen molar-refractivity contribution in [3.8, 4) is 0 Å². The molecule has 4 heteroatoms. The highest BCUT2D eigenvalue weighted by Gasteiger charge is 2.52. The average molecular weight is 332 g/mol. The van der Waals surface area contributed by atoms with Crippen LogP contribution < -0.4 is 0 Å². The number of rotatable bonds is 0. The van der Waals surface area contributed by atoms with E-state index in [2.05, 4.69) is 19.9 Å². The van der Waals surface area contributed by atoms with E-state index in [-0.39, 0.29) is 23.8 Å². The Balaban J connectivity index is 1.84. The van der Waals surface area contributed by atoms with Crippen LogP contribution in [-0.4, -0.2) is 35.0 Å². The van der Waals surface area contributed by atoms with Crippen molar-refractivity contribution in [3.05, 3.63) is 34.4 Å². The Kier molecular flexibility index (Phi) is 4.71. The van der Waals surface area contributed by atoms with E-state index in [1.165, 1.54) is 5.57 Å². The van der Waals surface area contributed by atoms with Crippen molar-refractivity contribution in [2.45, 2.75) is 83.7 Å². The molecule has 1 fully saturated rings. The van der Waals surface area contributed by atoms with Gasteiger partial charge in [-0.15, -0.1) is 0 Å². The fourth-order valence-electron chi connectivity index (χ4n) is 3.84. The first-order valence-corrected chi connectivity index (χ1v) is 8.89. The van der Waals surface area contributed by atoms with Gasteiger partial charge in [0.05, 0.1) is 17.8 Å². The molecule has 0 aromatic rings. The maximum absolute atomic E-state index is 11.9. The predicted octanol–water partition coefficient (Wildman–Crippen LogP) is 3.60. The number of allylic oxidation sites excluding steroid dienone is 2. The largest absolute Gasteiger partial charge is 0.450 e. The fraction of sp³-hybridized carbons (Fsp3) is 0.650. The SMILES string of the molecule is CC1=C2CC/C(C)=C/[C@H](O)CC3(C)O[C@H]3CC/C(C)=C/[C@@H]2OC1=O. The summed E-state index contributed by atoms with van der Waals surface area (Å²) in [7, 11) is 0. The van der Waals surface area contributed by atoms with Gasteiger partial charge in [-0.1, -0.05) is 17.2 Å². The summed E-state index contributed by atoms with van der Waals surface area (Å²) in [5.41, 5.74) is 3.97. The molecule has 2 aliphatic heterocycles. The van der Waals surface area contributed by atoms with Gasteiger partial charge in [0.25, 0.3) is 0 Å². The van der Waals surface area contributed by atoms with E-state index < -0.39 is 6.10 Å². The highest BCUT2D eigenvalue weighted by atomic mass is 16.6. The Morgan fingerprint density at radius 1 is 1.12 bits per heavy atom. The summed E-state index contributed by atoms with van der Waals surface area (Å²) in [6.45, 7) is 8.05. The zero-order valence-electron chi connectivity index (χ0n) is 15.1. The number of ether oxygens (including phenoxy) is 2. The van der Waals surface area contributed by atoms with Crippen LogP contribution in [0.5, 0.6) is 0 Å². The summed E-state index contributed by atoms with van der Waals surface area (Å²) in [4.78, 5) is 11.9. The third-order valence-electron chi connectivity index (χ3n) is 5.52. The van der Waals surface area contributed by atoms with Crippen LogP contribution in [0.4, 0.5) is 0 Å². The molecule has 0 spiro atoms.